The van der Waals surface area contributed by atoms with E-state index in [1.54, 1.807) is 41.9 Å². The van der Waals surface area contributed by atoms with E-state index < -0.39 is 10.8 Å². The predicted molar refractivity (Wildman–Crippen MR) is 112 cm³/mol. The number of hydrogen-bond donors (Lipinski definition) is 1. The third-order valence-corrected chi connectivity index (χ3v) is 6.15. The van der Waals surface area contributed by atoms with E-state index in [9.17, 15) is 9.00 Å². The van der Waals surface area contributed by atoms with Crippen LogP contribution in [0.2, 0.25) is 0 Å². The predicted octanol–water partition coefficient (Wildman–Crippen LogP) is 4.95. The van der Waals surface area contributed by atoms with E-state index in [1.807, 2.05) is 48.5 Å². The molecule has 1 aromatic heterocycles. The van der Waals surface area contributed by atoms with Crippen molar-refractivity contribution in [3.63, 3.8) is 0 Å². The smallest absolute Gasteiger partial charge is 0.255 e. The van der Waals surface area contributed by atoms with Crippen molar-refractivity contribution in [3.8, 4) is 10.6 Å². The quantitative estimate of drug-likeness (QED) is 0.534. The van der Waals surface area contributed by atoms with Gasteiger partial charge in [0.1, 0.15) is 5.01 Å². The van der Waals surface area contributed by atoms with Crippen LogP contribution in [0.25, 0.3) is 20.8 Å². The van der Waals surface area contributed by atoms with Gasteiger partial charge in [-0.2, -0.15) is 0 Å². The Bertz CT molecular complexity index is 1120. The molecular formula is C21H16N2O2S2. The van der Waals surface area contributed by atoms with E-state index in [2.05, 4.69) is 10.3 Å². The van der Waals surface area contributed by atoms with Crippen LogP contribution >= 0.6 is 11.3 Å². The van der Waals surface area contributed by atoms with Gasteiger partial charge < -0.3 is 5.32 Å². The first-order chi connectivity index (χ1) is 13.1. The summed E-state index contributed by atoms with van der Waals surface area (Å²) in [5.74, 6) is -0.211. The third-order valence-electron chi connectivity index (χ3n) is 4.15. The van der Waals surface area contributed by atoms with E-state index >= 15 is 0 Å². The van der Waals surface area contributed by atoms with Crippen LogP contribution in [-0.2, 0) is 10.8 Å². The van der Waals surface area contributed by atoms with Crippen LogP contribution in [-0.4, -0.2) is 21.4 Å². The first-order valence-corrected chi connectivity index (χ1v) is 10.7. The molecule has 1 heterocycles. The van der Waals surface area contributed by atoms with Gasteiger partial charge in [-0.1, -0.05) is 24.3 Å². The molecule has 0 saturated carbocycles. The molecule has 3 aromatic carbocycles. The molecule has 1 N–H and O–H groups in total. The molecule has 6 heteroatoms. The standard InChI is InChI=1S/C21H16N2O2S2/c1-27(25)15-12-10-14(11-13-15)20(24)22-17-7-3-2-6-16(17)21-23-18-8-4-5-9-19(18)26-21/h2-13H,1H3,(H,22,24). The van der Waals surface area contributed by atoms with Gasteiger partial charge in [0.2, 0.25) is 0 Å². The van der Waals surface area contributed by atoms with Crippen LogP contribution in [0.5, 0.6) is 0 Å². The Morgan fingerprint density at radius 2 is 1.67 bits per heavy atom. The van der Waals surface area contributed by atoms with Gasteiger partial charge in [0.25, 0.3) is 5.91 Å². The minimum atomic E-state index is -1.06. The highest BCUT2D eigenvalue weighted by Gasteiger charge is 2.13. The Kier molecular flexibility index (Phi) is 4.83. The number of amides is 1. The Balaban J connectivity index is 1.64. The molecule has 0 aliphatic rings. The number of hydrogen-bond acceptors (Lipinski definition) is 4. The van der Waals surface area contributed by atoms with Gasteiger partial charge >= 0.3 is 0 Å². The summed E-state index contributed by atoms with van der Waals surface area (Å²) in [5, 5.41) is 3.83. The normalized spacial score (nSPS) is 12.0. The van der Waals surface area contributed by atoms with Crippen LogP contribution in [0, 0.1) is 0 Å². The Morgan fingerprint density at radius 3 is 2.41 bits per heavy atom. The van der Waals surface area contributed by atoms with Crippen molar-refractivity contribution in [2.75, 3.05) is 11.6 Å². The van der Waals surface area contributed by atoms with Crippen LogP contribution in [0.4, 0.5) is 5.69 Å². The first-order valence-electron chi connectivity index (χ1n) is 8.31. The van der Waals surface area contributed by atoms with Gasteiger partial charge in [-0.25, -0.2) is 4.98 Å². The lowest BCUT2D eigenvalue weighted by molar-refractivity contribution is 0.102. The summed E-state index contributed by atoms with van der Waals surface area (Å²) < 4.78 is 12.6. The van der Waals surface area contributed by atoms with Gasteiger partial charge in [-0.05, 0) is 48.5 Å². The van der Waals surface area contributed by atoms with Crippen molar-refractivity contribution < 1.29 is 9.00 Å². The summed E-state index contributed by atoms with van der Waals surface area (Å²) in [5.41, 5.74) is 3.06. The minimum absolute atomic E-state index is 0.211. The number of nitrogens with zero attached hydrogens (tertiary/aromatic N) is 1. The molecule has 1 atom stereocenters. The molecule has 134 valence electrons. The first kappa shape index (κ1) is 17.6. The monoisotopic (exact) mass is 392 g/mol. The summed E-state index contributed by atoms with van der Waals surface area (Å²) in [7, 11) is -1.06. The second-order valence-electron chi connectivity index (χ2n) is 5.96. The molecule has 0 bridgehead atoms. The molecule has 1 unspecified atom stereocenters. The average molecular weight is 393 g/mol. The maximum Gasteiger partial charge on any atom is 0.255 e. The zero-order valence-corrected chi connectivity index (χ0v) is 16.1. The zero-order chi connectivity index (χ0) is 18.8. The van der Waals surface area contributed by atoms with Crippen LogP contribution < -0.4 is 5.32 Å². The third kappa shape index (κ3) is 3.67. The van der Waals surface area contributed by atoms with E-state index in [-0.39, 0.29) is 5.91 Å². The molecule has 0 radical (unpaired) electrons. The molecule has 0 aliphatic heterocycles. The summed E-state index contributed by atoms with van der Waals surface area (Å²) in [4.78, 5) is 18.0. The molecule has 27 heavy (non-hydrogen) atoms. The molecule has 4 nitrogen and oxygen atoms in total. The number of thiazole rings is 1. The highest BCUT2D eigenvalue weighted by molar-refractivity contribution is 7.84. The lowest BCUT2D eigenvalue weighted by atomic mass is 10.1. The summed E-state index contributed by atoms with van der Waals surface area (Å²) in [6.07, 6.45) is 1.61. The number of carbonyl (C=O) groups excluding carboxylic acids is 1. The highest BCUT2D eigenvalue weighted by atomic mass is 32.2. The molecule has 4 rings (SSSR count). The fraction of sp³-hybridized carbons (Fsp3) is 0.0476. The lowest BCUT2D eigenvalue weighted by Gasteiger charge is -2.09. The van der Waals surface area contributed by atoms with E-state index in [0.29, 0.717) is 16.1 Å². The van der Waals surface area contributed by atoms with Gasteiger partial charge in [0.05, 0.1) is 15.9 Å². The minimum Gasteiger partial charge on any atom is -0.321 e. The van der Waals surface area contributed by atoms with Crippen molar-refractivity contribution in [3.05, 3.63) is 78.4 Å². The highest BCUT2D eigenvalue weighted by Crippen LogP contribution is 2.34. The number of anilines is 1. The van der Waals surface area contributed by atoms with Gasteiger partial charge in [0, 0.05) is 33.1 Å². The van der Waals surface area contributed by atoms with E-state index in [4.69, 9.17) is 0 Å². The summed E-state index contributed by atoms with van der Waals surface area (Å²) in [6, 6.07) is 22.4. The topological polar surface area (TPSA) is 59.1 Å². The second kappa shape index (κ2) is 7.42. The number of benzene rings is 3. The average Bonchev–Trinajstić information content (AvgIpc) is 3.12. The summed E-state index contributed by atoms with van der Waals surface area (Å²) in [6.45, 7) is 0. The van der Waals surface area contributed by atoms with Crippen LogP contribution in [0.15, 0.2) is 77.7 Å². The number of fused-ring (bicyclic) bond motifs is 1. The van der Waals surface area contributed by atoms with Crippen LogP contribution in [0.3, 0.4) is 0 Å². The molecule has 0 saturated heterocycles. The number of rotatable bonds is 4. The van der Waals surface area contributed by atoms with Gasteiger partial charge in [-0.3, -0.25) is 9.00 Å². The van der Waals surface area contributed by atoms with Crippen molar-refractivity contribution in [1.29, 1.82) is 0 Å². The molecule has 0 aliphatic carbocycles. The van der Waals surface area contributed by atoms with Crippen molar-refractivity contribution in [2.45, 2.75) is 4.90 Å². The lowest BCUT2D eigenvalue weighted by Crippen LogP contribution is -2.12. The molecule has 0 spiro atoms. The number of para-hydroxylation sites is 2. The van der Waals surface area contributed by atoms with Crippen molar-refractivity contribution in [1.82, 2.24) is 4.98 Å². The number of nitrogens with one attached hydrogen (secondary N) is 1. The van der Waals surface area contributed by atoms with E-state index in [1.165, 1.54) is 0 Å². The zero-order valence-electron chi connectivity index (χ0n) is 14.5. The maximum atomic E-state index is 12.6. The molecule has 1 amide bonds. The SMILES string of the molecule is CS(=O)c1ccc(C(=O)Nc2ccccc2-c2nc3ccccc3s2)cc1. The van der Waals surface area contributed by atoms with E-state index in [0.717, 1.165) is 20.8 Å². The fourth-order valence-electron chi connectivity index (χ4n) is 2.76. The Morgan fingerprint density at radius 1 is 0.963 bits per heavy atom. The second-order valence-corrected chi connectivity index (χ2v) is 8.38. The fourth-order valence-corrected chi connectivity index (χ4v) is 4.28. The van der Waals surface area contributed by atoms with Crippen molar-refractivity contribution in [2.24, 2.45) is 0 Å². The Hall–Kier alpha value is -2.83. The number of carbonyl (C=O) groups is 1. The molecule has 4 aromatic rings. The van der Waals surface area contributed by atoms with Crippen LogP contribution in [0.1, 0.15) is 10.4 Å². The maximum absolute atomic E-state index is 12.6. The number of aromatic nitrogens is 1. The Labute approximate surface area is 163 Å². The van der Waals surface area contributed by atoms with Crippen molar-refractivity contribution >= 4 is 43.9 Å². The largest absolute Gasteiger partial charge is 0.321 e. The van der Waals surface area contributed by atoms with Gasteiger partial charge in [-0.15, -0.1) is 11.3 Å². The van der Waals surface area contributed by atoms with Gasteiger partial charge in [0.15, 0.2) is 0 Å². The molecule has 0 fully saturated rings. The summed E-state index contributed by atoms with van der Waals surface area (Å²) >= 11 is 1.60. The molecular weight excluding hydrogens is 376 g/mol.